The molecule has 1 aromatic heterocycles. The number of amides is 1. The Kier molecular flexibility index (Phi) is 6.13. The van der Waals surface area contributed by atoms with E-state index in [1.165, 1.54) is 0 Å². The van der Waals surface area contributed by atoms with Gasteiger partial charge in [0.25, 0.3) is 0 Å². The molecule has 122 valence electrons. The highest BCUT2D eigenvalue weighted by atomic mass is 35.5. The van der Waals surface area contributed by atoms with Gasteiger partial charge in [-0.2, -0.15) is 0 Å². The molecule has 0 radical (unpaired) electrons. The lowest BCUT2D eigenvalue weighted by Gasteiger charge is -2.22. The predicted octanol–water partition coefficient (Wildman–Crippen LogP) is 3.97. The van der Waals surface area contributed by atoms with Crippen molar-refractivity contribution in [3.8, 4) is 0 Å². The third-order valence-corrected chi connectivity index (χ3v) is 3.93. The summed E-state index contributed by atoms with van der Waals surface area (Å²) >= 11 is 6.14. The quantitative estimate of drug-likeness (QED) is 0.842. The van der Waals surface area contributed by atoms with Crippen LogP contribution in [0.5, 0.6) is 0 Å². The minimum absolute atomic E-state index is 0.0947. The zero-order valence-corrected chi connectivity index (χ0v) is 14.4. The number of carbonyl (C=O) groups is 1. The first-order chi connectivity index (χ1) is 11.0. The molecule has 0 aliphatic heterocycles. The number of rotatable bonds is 6. The van der Waals surface area contributed by atoms with Gasteiger partial charge in [-0.25, -0.2) is 0 Å². The molecular formula is C18H22ClN3O. The van der Waals surface area contributed by atoms with Crippen molar-refractivity contribution in [1.82, 2.24) is 10.3 Å². The highest BCUT2D eigenvalue weighted by Crippen LogP contribution is 2.23. The highest BCUT2D eigenvalue weighted by Gasteiger charge is 2.16. The number of carbonyl (C=O) groups excluding carboxylic acids is 1. The van der Waals surface area contributed by atoms with Gasteiger partial charge >= 0.3 is 0 Å². The monoisotopic (exact) mass is 331 g/mol. The molecule has 0 saturated carbocycles. The second kappa shape index (κ2) is 8.09. The standard InChI is InChI=1S/C18H22ClN3O/c1-12(2)18(14-6-8-20-9-7-14)21-11-17(23)22-16-5-4-13(3)10-15(16)19/h4-10,12,18,21H,11H2,1-3H3,(H,22,23)/t18-/m1/s1. The Balaban J connectivity index is 1.97. The number of halogens is 1. The Labute approximate surface area is 142 Å². The van der Waals surface area contributed by atoms with E-state index in [1.54, 1.807) is 12.4 Å². The number of benzene rings is 1. The molecule has 2 N–H and O–H groups in total. The fraction of sp³-hybridized carbons (Fsp3) is 0.333. The normalized spacial score (nSPS) is 12.2. The van der Waals surface area contributed by atoms with Gasteiger partial charge in [-0.3, -0.25) is 9.78 Å². The highest BCUT2D eigenvalue weighted by molar-refractivity contribution is 6.33. The Morgan fingerprint density at radius 3 is 2.52 bits per heavy atom. The van der Waals surface area contributed by atoms with Gasteiger partial charge in [0, 0.05) is 18.4 Å². The molecule has 1 heterocycles. The van der Waals surface area contributed by atoms with Gasteiger partial charge in [0.1, 0.15) is 0 Å². The first-order valence-electron chi connectivity index (χ1n) is 7.66. The van der Waals surface area contributed by atoms with Crippen LogP contribution in [0.4, 0.5) is 5.69 Å². The summed E-state index contributed by atoms with van der Waals surface area (Å²) in [7, 11) is 0. The molecule has 23 heavy (non-hydrogen) atoms. The zero-order chi connectivity index (χ0) is 16.8. The number of aryl methyl sites for hydroxylation is 1. The zero-order valence-electron chi connectivity index (χ0n) is 13.6. The van der Waals surface area contributed by atoms with E-state index in [0.717, 1.165) is 11.1 Å². The van der Waals surface area contributed by atoms with E-state index < -0.39 is 0 Å². The SMILES string of the molecule is Cc1ccc(NC(=O)CN[C@@H](c2ccncc2)C(C)C)c(Cl)c1. The average Bonchev–Trinajstić information content (AvgIpc) is 2.51. The van der Waals surface area contributed by atoms with Crippen molar-refractivity contribution in [2.75, 3.05) is 11.9 Å². The van der Waals surface area contributed by atoms with Gasteiger partial charge in [-0.05, 0) is 48.2 Å². The molecule has 0 aliphatic carbocycles. The Hall–Kier alpha value is -1.91. The maximum absolute atomic E-state index is 12.2. The molecule has 2 rings (SSSR count). The molecule has 5 heteroatoms. The molecule has 0 bridgehead atoms. The molecule has 1 amide bonds. The number of nitrogens with zero attached hydrogens (tertiary/aromatic N) is 1. The summed E-state index contributed by atoms with van der Waals surface area (Å²) in [4.78, 5) is 16.2. The summed E-state index contributed by atoms with van der Waals surface area (Å²) in [5.41, 5.74) is 2.81. The summed E-state index contributed by atoms with van der Waals surface area (Å²) < 4.78 is 0. The second-order valence-electron chi connectivity index (χ2n) is 5.91. The van der Waals surface area contributed by atoms with Crippen molar-refractivity contribution in [2.45, 2.75) is 26.8 Å². The molecule has 0 fully saturated rings. The lowest BCUT2D eigenvalue weighted by Crippen LogP contribution is -2.33. The van der Waals surface area contributed by atoms with Crippen LogP contribution >= 0.6 is 11.6 Å². The van der Waals surface area contributed by atoms with Gasteiger partial charge in [0.15, 0.2) is 0 Å². The summed E-state index contributed by atoms with van der Waals surface area (Å²) in [6.45, 7) is 6.41. The van der Waals surface area contributed by atoms with Crippen molar-refractivity contribution in [2.24, 2.45) is 5.92 Å². The van der Waals surface area contributed by atoms with Crippen molar-refractivity contribution in [3.05, 3.63) is 58.9 Å². The first kappa shape index (κ1) is 17.4. The Morgan fingerprint density at radius 2 is 1.91 bits per heavy atom. The minimum Gasteiger partial charge on any atom is -0.324 e. The predicted molar refractivity (Wildman–Crippen MR) is 94.6 cm³/mol. The summed E-state index contributed by atoms with van der Waals surface area (Å²) in [5.74, 6) is 0.239. The fourth-order valence-electron chi connectivity index (χ4n) is 2.43. The molecule has 0 saturated heterocycles. The largest absolute Gasteiger partial charge is 0.324 e. The third-order valence-electron chi connectivity index (χ3n) is 3.61. The number of nitrogens with one attached hydrogen (secondary N) is 2. The van der Waals surface area contributed by atoms with Crippen LogP contribution < -0.4 is 10.6 Å². The smallest absolute Gasteiger partial charge is 0.238 e. The van der Waals surface area contributed by atoms with Gasteiger partial charge < -0.3 is 10.6 Å². The average molecular weight is 332 g/mol. The topological polar surface area (TPSA) is 54.0 Å². The summed E-state index contributed by atoms with van der Waals surface area (Å²) in [6, 6.07) is 9.59. The van der Waals surface area contributed by atoms with E-state index in [4.69, 9.17) is 11.6 Å². The van der Waals surface area contributed by atoms with Gasteiger partial charge in [-0.1, -0.05) is 31.5 Å². The van der Waals surface area contributed by atoms with E-state index in [-0.39, 0.29) is 18.5 Å². The van der Waals surface area contributed by atoms with E-state index in [2.05, 4.69) is 29.5 Å². The molecule has 0 unspecified atom stereocenters. The van der Waals surface area contributed by atoms with Crippen LogP contribution in [0.1, 0.15) is 31.0 Å². The molecule has 0 spiro atoms. The van der Waals surface area contributed by atoms with Crippen molar-refractivity contribution in [1.29, 1.82) is 0 Å². The molecular weight excluding hydrogens is 310 g/mol. The molecule has 0 aliphatic rings. The van der Waals surface area contributed by atoms with E-state index in [9.17, 15) is 4.79 Å². The molecule has 2 aromatic rings. The van der Waals surface area contributed by atoms with Gasteiger partial charge in [0.05, 0.1) is 17.3 Å². The summed E-state index contributed by atoms with van der Waals surface area (Å²) in [6.07, 6.45) is 3.52. The van der Waals surface area contributed by atoms with Crippen molar-refractivity contribution in [3.63, 3.8) is 0 Å². The van der Waals surface area contributed by atoms with Gasteiger partial charge in [-0.15, -0.1) is 0 Å². The number of anilines is 1. The van der Waals surface area contributed by atoms with Crippen LogP contribution in [0.15, 0.2) is 42.7 Å². The van der Waals surface area contributed by atoms with Crippen molar-refractivity contribution < 1.29 is 4.79 Å². The Bertz CT molecular complexity index is 659. The van der Waals surface area contributed by atoms with E-state index >= 15 is 0 Å². The van der Waals surface area contributed by atoms with E-state index in [1.807, 2.05) is 37.3 Å². The number of hydrogen-bond acceptors (Lipinski definition) is 3. The summed E-state index contributed by atoms with van der Waals surface area (Å²) in [5, 5.41) is 6.69. The molecule has 4 nitrogen and oxygen atoms in total. The second-order valence-corrected chi connectivity index (χ2v) is 6.32. The van der Waals surface area contributed by atoms with Crippen LogP contribution in [0.2, 0.25) is 5.02 Å². The van der Waals surface area contributed by atoms with Crippen LogP contribution in [0, 0.1) is 12.8 Å². The lowest BCUT2D eigenvalue weighted by atomic mass is 9.97. The van der Waals surface area contributed by atoms with Crippen LogP contribution in [-0.4, -0.2) is 17.4 Å². The van der Waals surface area contributed by atoms with Crippen LogP contribution in [0.25, 0.3) is 0 Å². The first-order valence-corrected chi connectivity index (χ1v) is 8.04. The fourth-order valence-corrected chi connectivity index (χ4v) is 2.71. The Morgan fingerprint density at radius 1 is 1.22 bits per heavy atom. The number of aromatic nitrogens is 1. The molecule has 1 atom stereocenters. The van der Waals surface area contributed by atoms with E-state index in [0.29, 0.717) is 16.6 Å². The number of pyridine rings is 1. The van der Waals surface area contributed by atoms with Gasteiger partial charge in [0.2, 0.25) is 5.91 Å². The maximum atomic E-state index is 12.2. The van der Waals surface area contributed by atoms with Crippen molar-refractivity contribution >= 4 is 23.2 Å². The molecule has 1 aromatic carbocycles. The third kappa shape index (κ3) is 5.05. The van der Waals surface area contributed by atoms with Crippen LogP contribution in [0.3, 0.4) is 0 Å². The van der Waals surface area contributed by atoms with Crippen LogP contribution in [-0.2, 0) is 4.79 Å². The lowest BCUT2D eigenvalue weighted by molar-refractivity contribution is -0.115. The maximum Gasteiger partial charge on any atom is 0.238 e. The number of hydrogen-bond donors (Lipinski definition) is 2. The minimum atomic E-state index is -0.115.